The molecule has 142 valence electrons. The van der Waals surface area contributed by atoms with E-state index in [1.54, 1.807) is 19.1 Å². The average molecular weight is 406 g/mol. The summed E-state index contributed by atoms with van der Waals surface area (Å²) in [6, 6.07) is 13.7. The topological polar surface area (TPSA) is 93.5 Å². The van der Waals surface area contributed by atoms with E-state index in [2.05, 4.69) is 10.6 Å². The van der Waals surface area contributed by atoms with Gasteiger partial charge in [0, 0.05) is 34.9 Å². The Balaban J connectivity index is 1.81. The van der Waals surface area contributed by atoms with Crippen LogP contribution >= 0.6 is 24.0 Å². The van der Waals surface area contributed by atoms with E-state index in [9.17, 15) is 14.9 Å². The number of ether oxygens (including phenoxy) is 1. The number of nitrogens with zero attached hydrogens (tertiary/aromatic N) is 1. The molecular weight excluding hydrogens is 386 g/mol. The molecule has 9 heteroatoms. The van der Waals surface area contributed by atoms with E-state index in [0.717, 1.165) is 17.1 Å². The van der Waals surface area contributed by atoms with Crippen molar-refractivity contribution < 1.29 is 14.5 Å². The van der Waals surface area contributed by atoms with Crippen molar-refractivity contribution in [1.29, 1.82) is 0 Å². The molecule has 0 saturated heterocycles. The van der Waals surface area contributed by atoms with Crippen LogP contribution in [-0.4, -0.2) is 27.6 Å². The Morgan fingerprint density at radius 2 is 1.67 bits per heavy atom. The summed E-state index contributed by atoms with van der Waals surface area (Å²) in [6.45, 7) is 2.16. The van der Waals surface area contributed by atoms with E-state index in [1.165, 1.54) is 23.9 Å². The van der Waals surface area contributed by atoms with Gasteiger partial charge in [-0.1, -0.05) is 24.0 Å². The van der Waals surface area contributed by atoms with Crippen molar-refractivity contribution in [3.8, 4) is 0 Å². The van der Waals surface area contributed by atoms with E-state index in [-0.39, 0.29) is 11.7 Å². The quantitative estimate of drug-likeness (QED) is 0.282. The van der Waals surface area contributed by atoms with Crippen molar-refractivity contribution in [2.75, 3.05) is 23.0 Å². The molecule has 2 N–H and O–H groups in total. The van der Waals surface area contributed by atoms with E-state index in [4.69, 9.17) is 17.0 Å². The molecule has 0 aromatic heterocycles. The molecule has 0 spiro atoms. The van der Waals surface area contributed by atoms with Crippen LogP contribution in [-0.2, 0) is 9.53 Å². The van der Waals surface area contributed by atoms with E-state index in [0.29, 0.717) is 23.1 Å². The smallest absolute Gasteiger partial charge is 0.306 e. The number of esters is 1. The monoisotopic (exact) mass is 405 g/mol. The maximum absolute atomic E-state index is 11.3. The van der Waals surface area contributed by atoms with Crippen LogP contribution in [0.3, 0.4) is 0 Å². The van der Waals surface area contributed by atoms with Gasteiger partial charge in [0.2, 0.25) is 0 Å². The van der Waals surface area contributed by atoms with Crippen molar-refractivity contribution in [2.45, 2.75) is 13.3 Å². The molecule has 2 aromatic rings. The molecule has 0 aliphatic rings. The van der Waals surface area contributed by atoms with E-state index < -0.39 is 4.92 Å². The zero-order valence-electron chi connectivity index (χ0n) is 14.6. The van der Waals surface area contributed by atoms with Gasteiger partial charge >= 0.3 is 5.97 Å². The number of carbonyl (C=O) groups is 1. The first-order valence-electron chi connectivity index (χ1n) is 8.19. The number of anilines is 3. The molecule has 0 saturated carbocycles. The highest BCUT2D eigenvalue weighted by Gasteiger charge is 2.06. The number of nitro benzene ring substituents is 1. The van der Waals surface area contributed by atoms with Crippen LogP contribution in [0.4, 0.5) is 22.7 Å². The Morgan fingerprint density at radius 3 is 2.22 bits per heavy atom. The zero-order valence-corrected chi connectivity index (χ0v) is 16.3. The summed E-state index contributed by atoms with van der Waals surface area (Å²) in [7, 11) is 0. The van der Waals surface area contributed by atoms with Gasteiger partial charge < -0.3 is 15.4 Å². The summed E-state index contributed by atoms with van der Waals surface area (Å²) in [6.07, 6.45) is 0.318. The number of carbonyl (C=O) groups excluding carboxylic acids is 1. The summed E-state index contributed by atoms with van der Waals surface area (Å²) in [5, 5.41) is 16.9. The highest BCUT2D eigenvalue weighted by molar-refractivity contribution is 8.23. The Bertz CT molecular complexity index is 795. The van der Waals surface area contributed by atoms with Gasteiger partial charge in [-0.25, -0.2) is 0 Å². The molecule has 0 amide bonds. The third-order valence-corrected chi connectivity index (χ3v) is 4.57. The van der Waals surface area contributed by atoms with Gasteiger partial charge in [0.05, 0.1) is 18.0 Å². The van der Waals surface area contributed by atoms with Crippen LogP contribution < -0.4 is 10.6 Å². The molecule has 0 unspecified atom stereocenters. The second-order valence-electron chi connectivity index (χ2n) is 5.32. The van der Waals surface area contributed by atoms with Crippen LogP contribution in [0.5, 0.6) is 0 Å². The first kappa shape index (κ1) is 20.7. The normalized spacial score (nSPS) is 10.1. The Kier molecular flexibility index (Phi) is 8.02. The number of nitro groups is 1. The first-order valence-corrected chi connectivity index (χ1v) is 9.58. The van der Waals surface area contributed by atoms with Crippen molar-refractivity contribution in [3.63, 3.8) is 0 Å². The number of nitrogens with one attached hydrogen (secondary N) is 2. The molecule has 0 heterocycles. The van der Waals surface area contributed by atoms with Gasteiger partial charge in [-0.3, -0.25) is 14.9 Å². The van der Waals surface area contributed by atoms with Gasteiger partial charge in [0.25, 0.3) is 5.69 Å². The minimum absolute atomic E-state index is 0.0501. The number of thioether (sulfide) groups is 1. The van der Waals surface area contributed by atoms with E-state index >= 15 is 0 Å². The third kappa shape index (κ3) is 7.24. The average Bonchev–Trinajstić information content (AvgIpc) is 2.64. The maximum Gasteiger partial charge on any atom is 0.306 e. The van der Waals surface area contributed by atoms with Gasteiger partial charge in [0.15, 0.2) is 0 Å². The molecule has 2 rings (SSSR count). The number of hydrogen-bond acceptors (Lipinski definition) is 7. The summed E-state index contributed by atoms with van der Waals surface area (Å²) in [5.41, 5.74) is 2.48. The summed E-state index contributed by atoms with van der Waals surface area (Å²) in [5.74, 6) is 0.333. The minimum atomic E-state index is -0.433. The van der Waals surface area contributed by atoms with Gasteiger partial charge in [0.1, 0.15) is 4.32 Å². The van der Waals surface area contributed by atoms with Crippen molar-refractivity contribution in [3.05, 3.63) is 58.6 Å². The van der Waals surface area contributed by atoms with Crippen LogP contribution in [0.15, 0.2) is 48.5 Å². The molecule has 2 aromatic carbocycles. The lowest BCUT2D eigenvalue weighted by Crippen LogP contribution is -2.09. The molecular formula is C18H19N3O4S2. The first-order chi connectivity index (χ1) is 13.0. The van der Waals surface area contributed by atoms with E-state index in [1.807, 2.05) is 24.3 Å². The lowest BCUT2D eigenvalue weighted by atomic mass is 10.2. The molecule has 0 fully saturated rings. The van der Waals surface area contributed by atoms with Crippen LogP contribution in [0.25, 0.3) is 0 Å². The lowest BCUT2D eigenvalue weighted by molar-refractivity contribution is -0.384. The molecule has 0 aliphatic carbocycles. The molecule has 0 radical (unpaired) electrons. The molecule has 0 atom stereocenters. The number of benzene rings is 2. The highest BCUT2D eigenvalue weighted by atomic mass is 32.2. The third-order valence-electron chi connectivity index (χ3n) is 3.34. The van der Waals surface area contributed by atoms with Gasteiger partial charge in [-0.2, -0.15) is 0 Å². The Labute approximate surface area is 166 Å². The summed E-state index contributed by atoms with van der Waals surface area (Å²) in [4.78, 5) is 21.5. The van der Waals surface area contributed by atoms with Crippen LogP contribution in [0.1, 0.15) is 13.3 Å². The largest absolute Gasteiger partial charge is 0.466 e. The predicted octanol–water partition coefficient (Wildman–Crippen LogP) is 4.72. The number of thiocarbonyl (C=S) groups is 1. The van der Waals surface area contributed by atoms with Crippen molar-refractivity contribution in [1.82, 2.24) is 0 Å². The maximum atomic E-state index is 11.3. The Hall–Kier alpha value is -2.65. The molecule has 27 heavy (non-hydrogen) atoms. The number of non-ortho nitro benzene ring substituents is 1. The fourth-order valence-electron chi connectivity index (χ4n) is 2.08. The molecule has 0 bridgehead atoms. The minimum Gasteiger partial charge on any atom is -0.466 e. The Morgan fingerprint density at radius 1 is 1.11 bits per heavy atom. The zero-order chi connectivity index (χ0) is 19.6. The second kappa shape index (κ2) is 10.5. The predicted molar refractivity (Wildman–Crippen MR) is 113 cm³/mol. The summed E-state index contributed by atoms with van der Waals surface area (Å²) < 4.78 is 5.44. The van der Waals surface area contributed by atoms with Crippen molar-refractivity contribution >= 4 is 57.0 Å². The fraction of sp³-hybridized carbons (Fsp3) is 0.222. The molecule has 0 aliphatic heterocycles. The number of hydrogen-bond donors (Lipinski definition) is 2. The van der Waals surface area contributed by atoms with Gasteiger partial charge in [-0.05, 0) is 43.3 Å². The molecule has 7 nitrogen and oxygen atoms in total. The van der Waals surface area contributed by atoms with Gasteiger partial charge in [-0.15, -0.1) is 0 Å². The highest BCUT2D eigenvalue weighted by Crippen LogP contribution is 2.22. The SMILES string of the molecule is CCOC(=O)CCSC(=S)Nc1ccc(Nc2ccc([N+](=O)[O-])cc2)cc1. The standard InChI is InChI=1S/C18H19N3O4S2/c1-2-25-17(22)11-12-27-18(26)20-15-5-3-13(4-6-15)19-14-7-9-16(10-8-14)21(23)24/h3-10,19H,2,11-12H2,1H3,(H,20,26). The van der Waals surface area contributed by atoms with Crippen molar-refractivity contribution in [2.24, 2.45) is 0 Å². The lowest BCUT2D eigenvalue weighted by Gasteiger charge is -2.10. The van der Waals surface area contributed by atoms with Crippen LogP contribution in [0, 0.1) is 10.1 Å². The number of rotatable bonds is 8. The fourth-order valence-corrected chi connectivity index (χ4v) is 3.10. The van der Waals surface area contributed by atoms with Crippen LogP contribution in [0.2, 0.25) is 0 Å². The summed E-state index contributed by atoms with van der Waals surface area (Å²) >= 11 is 6.64. The second-order valence-corrected chi connectivity index (χ2v) is 7.09.